The number of alkyl halides is 3. The highest BCUT2D eigenvalue weighted by Gasteiger charge is 2.31. The zero-order valence-electron chi connectivity index (χ0n) is 23.9. The largest absolute Gasteiger partial charge is 0.573 e. The number of benzene rings is 3. The maximum absolute atomic E-state index is 12.7. The van der Waals surface area contributed by atoms with Gasteiger partial charge >= 0.3 is 12.4 Å². The second-order valence-electron chi connectivity index (χ2n) is 10.3. The van der Waals surface area contributed by atoms with Gasteiger partial charge in [0.25, 0.3) is 0 Å². The summed E-state index contributed by atoms with van der Waals surface area (Å²) in [6.45, 7) is 7.71. The average Bonchev–Trinajstić information content (AvgIpc) is 3.63. The van der Waals surface area contributed by atoms with Crippen molar-refractivity contribution in [3.63, 3.8) is 0 Å². The number of ether oxygens (including phenoxy) is 1. The molecular formula is C31H31F3N6O2S. The van der Waals surface area contributed by atoms with E-state index in [0.29, 0.717) is 35.6 Å². The lowest BCUT2D eigenvalue weighted by molar-refractivity contribution is -0.274. The molecule has 4 aromatic rings. The minimum atomic E-state index is -4.75. The van der Waals surface area contributed by atoms with Crippen molar-refractivity contribution in [1.82, 2.24) is 20.1 Å². The van der Waals surface area contributed by atoms with Gasteiger partial charge in [0, 0.05) is 30.1 Å². The Morgan fingerprint density at radius 1 is 1.09 bits per heavy atom. The molecule has 1 aliphatic rings. The first-order valence-corrected chi connectivity index (χ1v) is 14.8. The molecule has 43 heavy (non-hydrogen) atoms. The number of urea groups is 1. The number of aryl methyl sites for hydroxylation is 1. The molecule has 0 atom stereocenters. The monoisotopic (exact) mass is 608 g/mol. The number of nitrogens with zero attached hydrogens (tertiary/aromatic N) is 5. The van der Waals surface area contributed by atoms with Crippen molar-refractivity contribution in [2.45, 2.75) is 39.5 Å². The third kappa shape index (κ3) is 7.56. The standard InChI is InChI=1S/C31H31F3N6O2S/c1-20(2)27-21(3)5-4-6-26(27)39-17-18-43-30(39)37-29(41)35-16-15-22-7-9-23(10-8-22)28-36-19-40(38-28)24-11-13-25(14-12-24)42-31(32,33)34/h4-14,19-20H,15-18H2,1-3H3,(H,35,41)/b37-30-. The van der Waals surface area contributed by atoms with E-state index in [2.05, 4.69) is 62.9 Å². The first kappa shape index (κ1) is 30.1. The highest BCUT2D eigenvalue weighted by atomic mass is 32.2. The van der Waals surface area contributed by atoms with Crippen molar-refractivity contribution in [2.75, 3.05) is 23.7 Å². The average molecular weight is 609 g/mol. The molecule has 0 unspecified atom stereocenters. The summed E-state index contributed by atoms with van der Waals surface area (Å²) in [6, 6.07) is 18.9. The number of carbonyl (C=O) groups excluding carboxylic acids is 1. The predicted molar refractivity (Wildman–Crippen MR) is 163 cm³/mol. The number of carbonyl (C=O) groups is 1. The molecule has 8 nitrogen and oxygen atoms in total. The van der Waals surface area contributed by atoms with E-state index in [1.165, 1.54) is 46.4 Å². The number of halogens is 3. The minimum Gasteiger partial charge on any atom is -0.406 e. The molecule has 1 aromatic heterocycles. The number of hydrogen-bond donors (Lipinski definition) is 1. The summed E-state index contributed by atoms with van der Waals surface area (Å²) in [5.41, 5.74) is 5.97. The van der Waals surface area contributed by atoms with E-state index in [0.717, 1.165) is 29.1 Å². The molecule has 12 heteroatoms. The summed E-state index contributed by atoms with van der Waals surface area (Å²) in [4.78, 5) is 23.5. The highest BCUT2D eigenvalue weighted by molar-refractivity contribution is 8.14. The Balaban J connectivity index is 1.16. The van der Waals surface area contributed by atoms with Crippen LogP contribution in [0.1, 0.15) is 36.5 Å². The van der Waals surface area contributed by atoms with E-state index in [-0.39, 0.29) is 11.8 Å². The van der Waals surface area contributed by atoms with Crippen molar-refractivity contribution in [3.05, 3.63) is 89.7 Å². The first-order chi connectivity index (χ1) is 20.6. The Hall–Kier alpha value is -4.32. The maximum atomic E-state index is 12.7. The SMILES string of the molecule is Cc1cccc(N2CCS/C2=N\C(=O)NCCc2ccc(-c3ncn(-c4ccc(OC(F)(F)F)cc4)n3)cc2)c1C(C)C. The third-order valence-corrected chi connectivity index (χ3v) is 7.83. The lowest BCUT2D eigenvalue weighted by Crippen LogP contribution is -2.29. The molecule has 1 saturated heterocycles. The molecule has 3 aromatic carbocycles. The zero-order valence-corrected chi connectivity index (χ0v) is 24.7. The molecule has 0 spiro atoms. The number of nitrogens with one attached hydrogen (secondary N) is 1. The molecule has 0 aliphatic carbocycles. The summed E-state index contributed by atoms with van der Waals surface area (Å²) in [5, 5.41) is 8.04. The molecule has 5 rings (SSSR count). The van der Waals surface area contributed by atoms with Gasteiger partial charge < -0.3 is 15.0 Å². The van der Waals surface area contributed by atoms with E-state index < -0.39 is 6.36 Å². The molecule has 2 amide bonds. The van der Waals surface area contributed by atoms with Crippen LogP contribution in [-0.4, -0.2) is 51.2 Å². The fraction of sp³-hybridized carbons (Fsp3) is 0.290. The number of aromatic nitrogens is 3. The van der Waals surface area contributed by atoms with Crippen LogP contribution in [0.25, 0.3) is 17.1 Å². The van der Waals surface area contributed by atoms with E-state index in [1.807, 2.05) is 30.3 Å². The van der Waals surface area contributed by atoms with Crippen LogP contribution in [0.15, 0.2) is 78.0 Å². The Kier molecular flexibility index (Phi) is 9.05. The fourth-order valence-corrected chi connectivity index (χ4v) is 5.90. The van der Waals surface area contributed by atoms with Crippen LogP contribution >= 0.6 is 11.8 Å². The summed E-state index contributed by atoms with van der Waals surface area (Å²) in [5.74, 6) is 1.40. The second-order valence-corrected chi connectivity index (χ2v) is 11.4. The number of thioether (sulfide) groups is 1. The van der Waals surface area contributed by atoms with Gasteiger partial charge in [-0.2, -0.15) is 4.99 Å². The van der Waals surface area contributed by atoms with Crippen molar-refractivity contribution in [3.8, 4) is 22.8 Å². The number of anilines is 1. The lowest BCUT2D eigenvalue weighted by atomic mass is 9.95. The highest BCUT2D eigenvalue weighted by Crippen LogP contribution is 2.34. The molecule has 0 radical (unpaired) electrons. The van der Waals surface area contributed by atoms with E-state index in [4.69, 9.17) is 0 Å². The number of rotatable bonds is 8. The zero-order chi connectivity index (χ0) is 30.6. The number of hydrogen-bond acceptors (Lipinski definition) is 5. The number of amides is 2. The number of amidine groups is 1. The molecular weight excluding hydrogens is 577 g/mol. The Morgan fingerprint density at radius 3 is 2.53 bits per heavy atom. The molecule has 2 heterocycles. The summed E-state index contributed by atoms with van der Waals surface area (Å²) >= 11 is 1.59. The molecule has 1 N–H and O–H groups in total. The summed E-state index contributed by atoms with van der Waals surface area (Å²) < 4.78 is 42.6. The van der Waals surface area contributed by atoms with Gasteiger partial charge in [-0.3, -0.25) is 0 Å². The van der Waals surface area contributed by atoms with Gasteiger partial charge in [-0.1, -0.05) is 62.0 Å². The van der Waals surface area contributed by atoms with Crippen molar-refractivity contribution in [1.29, 1.82) is 0 Å². The minimum absolute atomic E-state index is 0.308. The van der Waals surface area contributed by atoms with E-state index >= 15 is 0 Å². The van der Waals surface area contributed by atoms with E-state index in [9.17, 15) is 18.0 Å². The fourth-order valence-electron chi connectivity index (χ4n) is 4.95. The van der Waals surface area contributed by atoms with Crippen LogP contribution < -0.4 is 15.0 Å². The van der Waals surface area contributed by atoms with Crippen LogP contribution in [0.3, 0.4) is 0 Å². The first-order valence-electron chi connectivity index (χ1n) is 13.8. The molecule has 224 valence electrons. The van der Waals surface area contributed by atoms with Crippen LogP contribution in [0, 0.1) is 6.92 Å². The summed E-state index contributed by atoms with van der Waals surface area (Å²) in [7, 11) is 0. The molecule has 0 bridgehead atoms. The lowest BCUT2D eigenvalue weighted by Gasteiger charge is -2.24. The van der Waals surface area contributed by atoms with Gasteiger partial charge in [-0.15, -0.1) is 18.3 Å². The van der Waals surface area contributed by atoms with Crippen molar-refractivity contribution in [2.24, 2.45) is 4.99 Å². The van der Waals surface area contributed by atoms with Crippen molar-refractivity contribution >= 4 is 28.6 Å². The second kappa shape index (κ2) is 12.9. The predicted octanol–water partition coefficient (Wildman–Crippen LogP) is 7.13. The van der Waals surface area contributed by atoms with Gasteiger partial charge in [0.1, 0.15) is 12.1 Å². The van der Waals surface area contributed by atoms with Crippen LogP contribution in [0.4, 0.5) is 23.7 Å². The summed E-state index contributed by atoms with van der Waals surface area (Å²) in [6.07, 6.45) is -2.63. The van der Waals surface area contributed by atoms with Crippen molar-refractivity contribution < 1.29 is 22.7 Å². The number of aliphatic imine (C=N–C) groups is 1. The van der Waals surface area contributed by atoms with Gasteiger partial charge in [0.15, 0.2) is 11.0 Å². The maximum Gasteiger partial charge on any atom is 0.573 e. The molecule has 1 fully saturated rings. The van der Waals surface area contributed by atoms with E-state index in [1.54, 1.807) is 11.8 Å². The van der Waals surface area contributed by atoms with Gasteiger partial charge in [0.05, 0.1) is 5.69 Å². The molecule has 0 saturated carbocycles. The topological polar surface area (TPSA) is 84.6 Å². The van der Waals surface area contributed by atoms with Crippen LogP contribution in [0.2, 0.25) is 0 Å². The smallest absolute Gasteiger partial charge is 0.406 e. The Labute approximate surface area is 252 Å². The van der Waals surface area contributed by atoms with Crippen LogP contribution in [-0.2, 0) is 6.42 Å². The normalized spacial score (nSPS) is 14.5. The quantitative estimate of drug-likeness (QED) is 0.229. The van der Waals surface area contributed by atoms with Gasteiger partial charge in [0.2, 0.25) is 0 Å². The Bertz CT molecular complexity index is 1600. The third-order valence-electron chi connectivity index (χ3n) is 6.87. The molecule has 1 aliphatic heterocycles. The van der Waals surface area contributed by atoms with Crippen LogP contribution in [0.5, 0.6) is 5.75 Å². The van der Waals surface area contributed by atoms with Gasteiger partial charge in [-0.25, -0.2) is 14.5 Å². The Morgan fingerprint density at radius 2 is 1.84 bits per heavy atom. The van der Waals surface area contributed by atoms with Gasteiger partial charge in [-0.05, 0) is 66.3 Å².